The van der Waals surface area contributed by atoms with E-state index in [9.17, 15) is 14.4 Å². The van der Waals surface area contributed by atoms with E-state index >= 15 is 0 Å². The summed E-state index contributed by atoms with van der Waals surface area (Å²) in [6, 6.07) is 0. The quantitative estimate of drug-likeness (QED) is 0.682. The molecule has 28 heavy (non-hydrogen) atoms. The van der Waals surface area contributed by atoms with Gasteiger partial charge in [0, 0.05) is 16.1 Å². The minimum atomic E-state index is -0.228. The van der Waals surface area contributed by atoms with Gasteiger partial charge >= 0.3 is 0 Å². The number of carbonyl (C=O) groups is 2. The van der Waals surface area contributed by atoms with E-state index in [1.807, 2.05) is 0 Å². The molecule has 0 saturated heterocycles. The summed E-state index contributed by atoms with van der Waals surface area (Å²) in [4.78, 5) is 47.2. The summed E-state index contributed by atoms with van der Waals surface area (Å²) >= 11 is 1.60. The molecule has 1 atom stereocenters. The number of aromatic nitrogens is 3. The molecule has 0 unspecified atom stereocenters. The van der Waals surface area contributed by atoms with Crippen LogP contribution in [0.5, 0.6) is 0 Å². The zero-order valence-corrected chi connectivity index (χ0v) is 17.3. The Bertz CT molecular complexity index is 1180. The van der Waals surface area contributed by atoms with Crippen molar-refractivity contribution in [2.75, 3.05) is 0 Å². The molecule has 0 saturated carbocycles. The number of nitrogens with zero attached hydrogens (tertiary/aromatic N) is 2. The third-order valence-electron chi connectivity index (χ3n) is 5.66. The van der Waals surface area contributed by atoms with Crippen LogP contribution < -0.4 is 5.56 Å². The first-order valence-electron chi connectivity index (χ1n) is 9.50. The highest BCUT2D eigenvalue weighted by Crippen LogP contribution is 2.35. The van der Waals surface area contributed by atoms with E-state index in [-0.39, 0.29) is 23.7 Å². The van der Waals surface area contributed by atoms with Crippen LogP contribution in [0.1, 0.15) is 62.8 Å². The zero-order valence-electron chi connectivity index (χ0n) is 16.5. The lowest BCUT2D eigenvalue weighted by molar-refractivity contribution is 0.0965. The summed E-state index contributed by atoms with van der Waals surface area (Å²) in [6.07, 6.45) is 4.41. The molecule has 0 radical (unpaired) electrons. The van der Waals surface area contributed by atoms with Crippen molar-refractivity contribution in [2.45, 2.75) is 53.5 Å². The number of H-pyrrole nitrogens is 1. The van der Waals surface area contributed by atoms with E-state index in [0.717, 1.165) is 29.7 Å². The van der Waals surface area contributed by atoms with Crippen molar-refractivity contribution in [3.8, 4) is 0 Å². The van der Waals surface area contributed by atoms with Gasteiger partial charge in [-0.25, -0.2) is 4.98 Å². The lowest BCUT2D eigenvalue weighted by Gasteiger charge is -2.17. The van der Waals surface area contributed by atoms with Crippen LogP contribution in [0.4, 0.5) is 0 Å². The molecule has 0 fully saturated rings. The van der Waals surface area contributed by atoms with Crippen molar-refractivity contribution in [1.82, 2.24) is 14.5 Å². The van der Waals surface area contributed by atoms with Gasteiger partial charge in [0.05, 0.1) is 24.0 Å². The molecule has 0 amide bonds. The molecule has 1 N–H and O–H groups in total. The van der Waals surface area contributed by atoms with Gasteiger partial charge in [-0.2, -0.15) is 0 Å². The van der Waals surface area contributed by atoms with Gasteiger partial charge in [-0.1, -0.05) is 6.92 Å². The Kier molecular flexibility index (Phi) is 4.57. The Hall–Kier alpha value is -2.54. The lowest BCUT2D eigenvalue weighted by atomic mass is 9.89. The number of aryl methyl sites for hydroxylation is 2. The third-order valence-corrected chi connectivity index (χ3v) is 6.83. The maximum atomic E-state index is 13.1. The summed E-state index contributed by atoms with van der Waals surface area (Å²) in [5.41, 5.74) is 3.21. The molecule has 6 nitrogen and oxygen atoms in total. The molecule has 3 aromatic heterocycles. The second kappa shape index (κ2) is 6.81. The Morgan fingerprint density at radius 3 is 2.79 bits per heavy atom. The topological polar surface area (TPSA) is 84.8 Å². The number of thiophene rings is 1. The fraction of sp³-hybridized carbons (Fsp3) is 0.429. The molecule has 3 aromatic rings. The average Bonchev–Trinajstić information content (AvgIpc) is 3.14. The first-order valence-corrected chi connectivity index (χ1v) is 10.3. The van der Waals surface area contributed by atoms with Crippen molar-refractivity contribution >= 4 is 33.1 Å². The molecular weight excluding hydrogens is 374 g/mol. The molecule has 1 aliphatic rings. The number of hydrogen-bond acceptors (Lipinski definition) is 5. The van der Waals surface area contributed by atoms with Gasteiger partial charge in [-0.05, 0) is 57.1 Å². The maximum Gasteiger partial charge on any atom is 0.262 e. The first-order chi connectivity index (χ1) is 13.3. The number of Topliss-reactive ketones (excluding diaryl/α,β-unsaturated/α-hetero) is 2. The smallest absolute Gasteiger partial charge is 0.262 e. The number of carbonyl (C=O) groups excluding carboxylic acids is 2. The van der Waals surface area contributed by atoms with Gasteiger partial charge in [-0.15, -0.1) is 11.3 Å². The van der Waals surface area contributed by atoms with Crippen LogP contribution in [-0.2, 0) is 19.4 Å². The van der Waals surface area contributed by atoms with Crippen LogP contribution in [0.2, 0.25) is 0 Å². The van der Waals surface area contributed by atoms with Gasteiger partial charge in [0.1, 0.15) is 4.83 Å². The van der Waals surface area contributed by atoms with Crippen LogP contribution in [0.3, 0.4) is 0 Å². The van der Waals surface area contributed by atoms with E-state index in [4.69, 9.17) is 0 Å². The van der Waals surface area contributed by atoms with Gasteiger partial charge in [0.25, 0.3) is 5.56 Å². The zero-order chi connectivity index (χ0) is 20.2. The standard InChI is InChI=1S/C21H23N3O3S/c1-10-5-6-14-16(7-10)28-20-18(14)21(27)24(9-22-20)8-15(26)19-11(2)17(13(4)25)12(3)23-19/h9-10,23H,5-8H2,1-4H3/t10-/m0/s1. The second-order valence-electron chi connectivity index (χ2n) is 7.81. The van der Waals surface area contributed by atoms with Crippen molar-refractivity contribution < 1.29 is 9.59 Å². The Morgan fingerprint density at radius 2 is 2.11 bits per heavy atom. The predicted octanol–water partition coefficient (Wildman–Crippen LogP) is 3.61. The first kappa shape index (κ1) is 18.8. The molecule has 3 heterocycles. The lowest BCUT2D eigenvalue weighted by Crippen LogP contribution is -2.25. The van der Waals surface area contributed by atoms with Crippen molar-refractivity contribution in [3.05, 3.63) is 49.6 Å². The van der Waals surface area contributed by atoms with Gasteiger partial charge in [-0.3, -0.25) is 19.0 Å². The number of hydrogen-bond donors (Lipinski definition) is 1. The molecular formula is C21H23N3O3S. The molecule has 0 spiro atoms. The third kappa shape index (κ3) is 2.94. The van der Waals surface area contributed by atoms with Crippen molar-refractivity contribution in [3.63, 3.8) is 0 Å². The van der Waals surface area contributed by atoms with Crippen LogP contribution in [0, 0.1) is 19.8 Å². The van der Waals surface area contributed by atoms with Gasteiger partial charge in [0.15, 0.2) is 11.6 Å². The highest BCUT2D eigenvalue weighted by molar-refractivity contribution is 7.18. The van der Waals surface area contributed by atoms with E-state index in [2.05, 4.69) is 16.9 Å². The molecule has 7 heteroatoms. The predicted molar refractivity (Wildman–Crippen MR) is 110 cm³/mol. The second-order valence-corrected chi connectivity index (χ2v) is 8.90. The van der Waals surface area contributed by atoms with Crippen molar-refractivity contribution in [1.29, 1.82) is 0 Å². The molecule has 4 rings (SSSR count). The normalized spacial score (nSPS) is 16.4. The molecule has 0 bridgehead atoms. The number of rotatable bonds is 4. The summed E-state index contributed by atoms with van der Waals surface area (Å²) in [5.74, 6) is 0.317. The molecule has 0 aliphatic heterocycles. The number of nitrogens with one attached hydrogen (secondary N) is 1. The fourth-order valence-corrected chi connectivity index (χ4v) is 5.61. The van der Waals surface area contributed by atoms with E-state index in [1.165, 1.54) is 22.7 Å². The Labute approximate surface area is 166 Å². The SMILES string of the molecule is CC(=O)c1c(C)[nH]c(C(=O)Cn2cnc3sc4c(c3c2=O)CC[C@H](C)C4)c1C. The molecule has 1 aliphatic carbocycles. The van der Waals surface area contributed by atoms with E-state index in [0.29, 0.717) is 33.8 Å². The molecule has 146 valence electrons. The molecule has 0 aromatic carbocycles. The summed E-state index contributed by atoms with van der Waals surface area (Å²) in [5, 5.41) is 0.672. The highest BCUT2D eigenvalue weighted by Gasteiger charge is 2.24. The minimum Gasteiger partial charge on any atom is -0.355 e. The monoisotopic (exact) mass is 397 g/mol. The minimum absolute atomic E-state index is 0.0790. The summed E-state index contributed by atoms with van der Waals surface area (Å²) < 4.78 is 1.39. The van der Waals surface area contributed by atoms with Crippen LogP contribution in [0.25, 0.3) is 10.2 Å². The summed E-state index contributed by atoms with van der Waals surface area (Å²) in [7, 11) is 0. The average molecular weight is 398 g/mol. The van der Waals surface area contributed by atoms with Gasteiger partial charge in [0.2, 0.25) is 0 Å². The highest BCUT2D eigenvalue weighted by atomic mass is 32.1. The maximum absolute atomic E-state index is 13.1. The Balaban J connectivity index is 1.72. The largest absolute Gasteiger partial charge is 0.355 e. The Morgan fingerprint density at radius 1 is 1.36 bits per heavy atom. The fourth-order valence-electron chi connectivity index (χ4n) is 4.27. The van der Waals surface area contributed by atoms with Crippen LogP contribution in [-0.4, -0.2) is 26.1 Å². The van der Waals surface area contributed by atoms with Crippen LogP contribution in [0.15, 0.2) is 11.1 Å². The van der Waals surface area contributed by atoms with Crippen LogP contribution >= 0.6 is 11.3 Å². The number of aromatic amines is 1. The summed E-state index contributed by atoms with van der Waals surface area (Å²) in [6.45, 7) is 7.15. The van der Waals surface area contributed by atoms with Crippen molar-refractivity contribution in [2.24, 2.45) is 5.92 Å². The van der Waals surface area contributed by atoms with E-state index < -0.39 is 0 Å². The van der Waals surface area contributed by atoms with E-state index in [1.54, 1.807) is 25.2 Å². The van der Waals surface area contributed by atoms with Gasteiger partial charge < -0.3 is 4.98 Å². The number of ketones is 2. The number of fused-ring (bicyclic) bond motifs is 3.